The van der Waals surface area contributed by atoms with Gasteiger partial charge in [-0.1, -0.05) is 15.9 Å². The molecule has 0 bridgehead atoms. The zero-order valence-electron chi connectivity index (χ0n) is 15.3. The van der Waals surface area contributed by atoms with Crippen LogP contribution in [-0.2, 0) is 21.2 Å². The van der Waals surface area contributed by atoms with Crippen molar-refractivity contribution in [2.75, 3.05) is 25.6 Å². The Hall–Kier alpha value is -1.90. The molecule has 0 saturated carbocycles. The third-order valence-electron chi connectivity index (χ3n) is 4.65. The summed E-state index contributed by atoms with van der Waals surface area (Å²) in [7, 11) is -0.834. The molecule has 3 rings (SSSR count). The number of ether oxygens (including phenoxy) is 1. The third-order valence-corrected chi connectivity index (χ3v) is 6.96. The number of rotatable bonds is 5. The van der Waals surface area contributed by atoms with Crippen molar-refractivity contribution in [1.29, 1.82) is 0 Å². The van der Waals surface area contributed by atoms with Gasteiger partial charge in [0.05, 0.1) is 18.6 Å². The molecule has 0 unspecified atom stereocenters. The molecule has 27 heavy (non-hydrogen) atoms. The maximum absolute atomic E-state index is 12.9. The van der Waals surface area contributed by atoms with Crippen molar-refractivity contribution < 1.29 is 17.9 Å². The second-order valence-electron chi connectivity index (χ2n) is 6.53. The molecule has 6 nitrogen and oxygen atoms in total. The molecule has 0 spiro atoms. The highest BCUT2D eigenvalue weighted by Gasteiger charge is 2.33. The standard InChI is InChI=1S/C19H21BrN2O4S/c1-13-10-14-11-15(20)4-9-18(14)22(13)19(23)12-21(2)27(24,25)17-7-5-16(26-3)6-8-17/h4-9,11,13H,10,12H2,1-3H3/t13-/m1/s1. The van der Waals surface area contributed by atoms with Gasteiger partial charge in [-0.3, -0.25) is 4.79 Å². The van der Waals surface area contributed by atoms with E-state index in [0.717, 1.165) is 26.4 Å². The minimum atomic E-state index is -3.77. The van der Waals surface area contributed by atoms with Gasteiger partial charge in [-0.25, -0.2) is 8.42 Å². The first kappa shape index (κ1) is 19.9. The second-order valence-corrected chi connectivity index (χ2v) is 9.49. The fraction of sp³-hybridized carbons (Fsp3) is 0.316. The summed E-state index contributed by atoms with van der Waals surface area (Å²) in [4.78, 5) is 14.7. The lowest BCUT2D eigenvalue weighted by Crippen LogP contribution is -2.43. The Morgan fingerprint density at radius 3 is 2.56 bits per heavy atom. The first-order valence-corrected chi connectivity index (χ1v) is 10.7. The lowest BCUT2D eigenvalue weighted by atomic mass is 10.1. The summed E-state index contributed by atoms with van der Waals surface area (Å²) >= 11 is 3.44. The second kappa shape index (κ2) is 7.61. The molecule has 2 aromatic rings. The van der Waals surface area contributed by atoms with Gasteiger partial charge in [-0.05, 0) is 61.4 Å². The van der Waals surface area contributed by atoms with Gasteiger partial charge in [-0.15, -0.1) is 0 Å². The number of likely N-dealkylation sites (N-methyl/N-ethyl adjacent to an activating group) is 1. The highest BCUT2D eigenvalue weighted by molar-refractivity contribution is 9.10. The number of benzene rings is 2. The van der Waals surface area contributed by atoms with Crippen LogP contribution in [0.25, 0.3) is 0 Å². The van der Waals surface area contributed by atoms with Gasteiger partial charge in [0.1, 0.15) is 5.75 Å². The molecule has 0 fully saturated rings. The van der Waals surface area contributed by atoms with Gasteiger partial charge < -0.3 is 9.64 Å². The summed E-state index contributed by atoms with van der Waals surface area (Å²) in [5.41, 5.74) is 1.91. The number of halogens is 1. The first-order valence-electron chi connectivity index (χ1n) is 8.45. The van der Waals surface area contributed by atoms with Crippen LogP contribution >= 0.6 is 15.9 Å². The van der Waals surface area contributed by atoms with E-state index in [-0.39, 0.29) is 23.4 Å². The number of anilines is 1. The predicted molar refractivity (Wildman–Crippen MR) is 108 cm³/mol. The molecule has 0 N–H and O–H groups in total. The molecule has 144 valence electrons. The van der Waals surface area contributed by atoms with Crippen molar-refractivity contribution in [1.82, 2.24) is 4.31 Å². The van der Waals surface area contributed by atoms with Crippen LogP contribution in [0.2, 0.25) is 0 Å². The van der Waals surface area contributed by atoms with Crippen molar-refractivity contribution >= 4 is 37.5 Å². The van der Waals surface area contributed by atoms with Crippen molar-refractivity contribution in [3.63, 3.8) is 0 Å². The maximum Gasteiger partial charge on any atom is 0.243 e. The van der Waals surface area contributed by atoms with E-state index >= 15 is 0 Å². The van der Waals surface area contributed by atoms with Crippen LogP contribution in [-0.4, -0.2) is 45.4 Å². The van der Waals surface area contributed by atoms with Crippen LogP contribution in [0.5, 0.6) is 5.75 Å². The van der Waals surface area contributed by atoms with E-state index in [1.54, 1.807) is 17.0 Å². The average Bonchev–Trinajstić information content (AvgIpc) is 2.96. The van der Waals surface area contributed by atoms with Crippen molar-refractivity contribution in [3.05, 3.63) is 52.5 Å². The lowest BCUT2D eigenvalue weighted by molar-refractivity contribution is -0.118. The fourth-order valence-electron chi connectivity index (χ4n) is 3.26. The van der Waals surface area contributed by atoms with Crippen LogP contribution in [0.15, 0.2) is 51.8 Å². The Balaban J connectivity index is 1.79. The van der Waals surface area contributed by atoms with Gasteiger partial charge in [0.25, 0.3) is 0 Å². The summed E-state index contributed by atoms with van der Waals surface area (Å²) in [6.45, 7) is 1.73. The SMILES string of the molecule is COc1ccc(S(=O)(=O)N(C)CC(=O)N2c3ccc(Br)cc3C[C@H]2C)cc1. The number of amides is 1. The van der Waals surface area contributed by atoms with Gasteiger partial charge in [0.2, 0.25) is 15.9 Å². The quantitative estimate of drug-likeness (QED) is 0.698. The topological polar surface area (TPSA) is 66.9 Å². The number of hydrogen-bond acceptors (Lipinski definition) is 4. The summed E-state index contributed by atoms with van der Waals surface area (Å²) in [5.74, 6) is 0.324. The highest BCUT2D eigenvalue weighted by Crippen LogP contribution is 2.34. The summed E-state index contributed by atoms with van der Waals surface area (Å²) in [6, 6.07) is 11.9. The van der Waals surface area contributed by atoms with E-state index < -0.39 is 10.0 Å². The molecular formula is C19H21BrN2O4S. The van der Waals surface area contributed by atoms with E-state index in [1.165, 1.54) is 26.3 Å². The molecule has 8 heteroatoms. The molecule has 1 aliphatic heterocycles. The molecule has 1 amide bonds. The first-order chi connectivity index (χ1) is 12.7. The zero-order chi connectivity index (χ0) is 19.8. The van der Waals surface area contributed by atoms with E-state index in [9.17, 15) is 13.2 Å². The van der Waals surface area contributed by atoms with Crippen LogP contribution in [0.3, 0.4) is 0 Å². The molecule has 0 aromatic heterocycles. The Kier molecular flexibility index (Phi) is 5.60. The Bertz CT molecular complexity index is 960. The number of nitrogens with zero attached hydrogens (tertiary/aromatic N) is 2. The maximum atomic E-state index is 12.9. The van der Waals surface area contributed by atoms with Gasteiger partial charge in [-0.2, -0.15) is 4.31 Å². The monoisotopic (exact) mass is 452 g/mol. The smallest absolute Gasteiger partial charge is 0.243 e. The largest absolute Gasteiger partial charge is 0.497 e. The Morgan fingerprint density at radius 2 is 1.93 bits per heavy atom. The van der Waals surface area contributed by atoms with Gasteiger partial charge in [0, 0.05) is 23.2 Å². The summed E-state index contributed by atoms with van der Waals surface area (Å²) < 4.78 is 32.6. The molecule has 0 saturated heterocycles. The molecular weight excluding hydrogens is 432 g/mol. The molecule has 2 aromatic carbocycles. The Morgan fingerprint density at radius 1 is 1.26 bits per heavy atom. The molecule has 0 aliphatic carbocycles. The van der Waals surface area contributed by atoms with E-state index in [1.807, 2.05) is 25.1 Å². The third kappa shape index (κ3) is 3.88. The minimum absolute atomic E-state index is 0.0149. The van der Waals surface area contributed by atoms with E-state index in [2.05, 4.69) is 15.9 Å². The highest BCUT2D eigenvalue weighted by atomic mass is 79.9. The number of hydrogen-bond donors (Lipinski definition) is 0. The Labute approximate surface area is 167 Å². The number of fused-ring (bicyclic) bond motifs is 1. The molecule has 1 atom stereocenters. The van der Waals surface area contributed by atoms with Crippen LogP contribution in [0.1, 0.15) is 12.5 Å². The summed E-state index contributed by atoms with van der Waals surface area (Å²) in [6.07, 6.45) is 0.745. The van der Waals surface area contributed by atoms with E-state index in [0.29, 0.717) is 5.75 Å². The number of carbonyl (C=O) groups excluding carboxylic acids is 1. The van der Waals surface area contributed by atoms with Crippen molar-refractivity contribution in [2.45, 2.75) is 24.3 Å². The number of methoxy groups -OCH3 is 1. The van der Waals surface area contributed by atoms with Gasteiger partial charge >= 0.3 is 0 Å². The average molecular weight is 453 g/mol. The zero-order valence-corrected chi connectivity index (χ0v) is 17.7. The van der Waals surface area contributed by atoms with Gasteiger partial charge in [0.15, 0.2) is 0 Å². The van der Waals surface area contributed by atoms with E-state index in [4.69, 9.17) is 4.74 Å². The van der Waals surface area contributed by atoms with Crippen molar-refractivity contribution in [3.8, 4) is 5.75 Å². The van der Waals surface area contributed by atoms with Crippen LogP contribution in [0, 0.1) is 0 Å². The number of carbonyl (C=O) groups is 1. The minimum Gasteiger partial charge on any atom is -0.497 e. The number of sulfonamides is 1. The van der Waals surface area contributed by atoms with Crippen LogP contribution < -0.4 is 9.64 Å². The van der Waals surface area contributed by atoms with Crippen molar-refractivity contribution in [2.24, 2.45) is 0 Å². The molecule has 0 radical (unpaired) electrons. The predicted octanol–water partition coefficient (Wildman–Crippen LogP) is 3.06. The normalized spacial score (nSPS) is 16.5. The van der Waals surface area contributed by atoms with Crippen LogP contribution in [0.4, 0.5) is 5.69 Å². The molecule has 1 aliphatic rings. The fourth-order valence-corrected chi connectivity index (χ4v) is 4.79. The lowest BCUT2D eigenvalue weighted by Gasteiger charge is -2.25. The molecule has 1 heterocycles. The summed E-state index contributed by atoms with van der Waals surface area (Å²) in [5, 5.41) is 0.